The van der Waals surface area contributed by atoms with Crippen molar-refractivity contribution in [2.45, 2.75) is 44.7 Å². The minimum Gasteiger partial charge on any atom is -0.340 e. The van der Waals surface area contributed by atoms with E-state index in [0.29, 0.717) is 18.2 Å². The van der Waals surface area contributed by atoms with E-state index in [0.717, 1.165) is 26.2 Å². The van der Waals surface area contributed by atoms with Crippen LogP contribution in [0.3, 0.4) is 0 Å². The van der Waals surface area contributed by atoms with Crippen molar-refractivity contribution in [2.24, 2.45) is 5.92 Å². The van der Waals surface area contributed by atoms with Crippen LogP contribution in [0.15, 0.2) is 24.3 Å². The van der Waals surface area contributed by atoms with Crippen molar-refractivity contribution in [3.8, 4) is 0 Å². The maximum absolute atomic E-state index is 13.9. The first kappa shape index (κ1) is 18.4. The summed E-state index contributed by atoms with van der Waals surface area (Å²) in [5, 5.41) is 0. The monoisotopic (exact) mass is 373 g/mol. The van der Waals surface area contributed by atoms with Crippen LogP contribution in [0.25, 0.3) is 0 Å². The van der Waals surface area contributed by atoms with Gasteiger partial charge in [-0.15, -0.1) is 0 Å². The summed E-state index contributed by atoms with van der Waals surface area (Å²) in [6.45, 7) is 4.03. The van der Waals surface area contributed by atoms with Crippen molar-refractivity contribution in [1.29, 1.82) is 0 Å². The highest BCUT2D eigenvalue weighted by Gasteiger charge is 2.38. The first-order chi connectivity index (χ1) is 13.1. The predicted molar refractivity (Wildman–Crippen MR) is 100 cm³/mol. The summed E-state index contributed by atoms with van der Waals surface area (Å²) in [5.74, 6) is -0.558. The van der Waals surface area contributed by atoms with E-state index < -0.39 is 0 Å². The van der Waals surface area contributed by atoms with Gasteiger partial charge in [0.1, 0.15) is 5.82 Å². The fourth-order valence-corrected chi connectivity index (χ4v) is 4.76. The number of likely N-dealkylation sites (tertiary alicyclic amines) is 1. The Hall–Kier alpha value is -1.95. The van der Waals surface area contributed by atoms with Gasteiger partial charge in [-0.2, -0.15) is 0 Å². The zero-order chi connectivity index (χ0) is 18.8. The van der Waals surface area contributed by atoms with E-state index in [2.05, 4.69) is 4.90 Å². The van der Waals surface area contributed by atoms with E-state index >= 15 is 0 Å². The topological polar surface area (TPSA) is 43.9 Å². The van der Waals surface area contributed by atoms with Gasteiger partial charge >= 0.3 is 0 Å². The Balaban J connectivity index is 1.31. The molecule has 5 nitrogen and oxygen atoms in total. The molecule has 146 valence electrons. The maximum atomic E-state index is 13.9. The summed E-state index contributed by atoms with van der Waals surface area (Å²) in [6, 6.07) is 7.21. The number of carbonyl (C=O) groups is 2. The zero-order valence-corrected chi connectivity index (χ0v) is 15.8. The molecule has 0 bridgehead atoms. The summed E-state index contributed by atoms with van der Waals surface area (Å²) in [4.78, 5) is 31.3. The Bertz CT molecular complexity index is 696. The lowest BCUT2D eigenvalue weighted by Gasteiger charge is -2.38. The molecule has 0 unspecified atom stereocenters. The molecule has 3 aliphatic rings. The average Bonchev–Trinajstić information content (AvgIpc) is 3.34. The Morgan fingerprint density at radius 3 is 2.48 bits per heavy atom. The molecular formula is C21H28FN3O2. The highest BCUT2D eigenvalue weighted by atomic mass is 19.1. The van der Waals surface area contributed by atoms with Gasteiger partial charge in [0.05, 0.1) is 5.92 Å². The number of benzene rings is 1. The highest BCUT2D eigenvalue weighted by molar-refractivity contribution is 5.89. The first-order valence-corrected chi connectivity index (χ1v) is 10.2. The fraction of sp³-hybridized carbons (Fsp3) is 0.619. The Kier molecular flexibility index (Phi) is 5.43. The summed E-state index contributed by atoms with van der Waals surface area (Å²) in [5.41, 5.74) is 0.504. The third-order valence-corrected chi connectivity index (χ3v) is 6.35. The third kappa shape index (κ3) is 4.00. The zero-order valence-electron chi connectivity index (χ0n) is 15.8. The van der Waals surface area contributed by atoms with Crippen LogP contribution in [0, 0.1) is 11.7 Å². The summed E-state index contributed by atoms with van der Waals surface area (Å²) in [6.07, 6.45) is 5.47. The smallest absolute Gasteiger partial charge is 0.228 e. The van der Waals surface area contributed by atoms with Crippen molar-refractivity contribution < 1.29 is 14.0 Å². The number of hydrogen-bond acceptors (Lipinski definition) is 3. The van der Waals surface area contributed by atoms with Crippen LogP contribution < -0.4 is 0 Å². The predicted octanol–water partition coefficient (Wildman–Crippen LogP) is 2.26. The molecule has 1 aromatic rings. The molecule has 3 fully saturated rings. The number of rotatable bonds is 4. The van der Waals surface area contributed by atoms with Crippen LogP contribution in [-0.2, 0) is 16.1 Å². The first-order valence-electron chi connectivity index (χ1n) is 10.2. The molecule has 0 aromatic heterocycles. The summed E-state index contributed by atoms with van der Waals surface area (Å²) in [7, 11) is 0. The van der Waals surface area contributed by atoms with Crippen LogP contribution in [0.4, 0.5) is 4.39 Å². The molecule has 1 aromatic carbocycles. The molecular weight excluding hydrogens is 345 g/mol. The number of nitrogens with zero attached hydrogens (tertiary/aromatic N) is 3. The van der Waals surface area contributed by atoms with E-state index in [4.69, 9.17) is 0 Å². The SMILES string of the molecule is O=C1C[C@@H](C(=O)N2CCN(C3CCCC3)CC2)CN1Cc1ccccc1F. The molecule has 0 spiro atoms. The van der Waals surface area contributed by atoms with E-state index in [1.807, 2.05) is 4.90 Å². The molecule has 2 amide bonds. The normalized spacial score (nSPS) is 24.8. The lowest BCUT2D eigenvalue weighted by Crippen LogP contribution is -2.52. The fourth-order valence-electron chi connectivity index (χ4n) is 4.76. The van der Waals surface area contributed by atoms with Gasteiger partial charge < -0.3 is 9.80 Å². The van der Waals surface area contributed by atoms with Gasteiger partial charge in [-0.25, -0.2) is 4.39 Å². The number of amides is 2. The molecule has 2 heterocycles. The molecule has 1 aliphatic carbocycles. The van der Waals surface area contributed by atoms with Gasteiger partial charge in [-0.1, -0.05) is 31.0 Å². The van der Waals surface area contributed by atoms with Gasteiger partial charge in [0.2, 0.25) is 11.8 Å². The maximum Gasteiger partial charge on any atom is 0.228 e. The summed E-state index contributed by atoms with van der Waals surface area (Å²) < 4.78 is 13.9. The van der Waals surface area contributed by atoms with Crippen molar-refractivity contribution in [3.63, 3.8) is 0 Å². The van der Waals surface area contributed by atoms with Crippen molar-refractivity contribution in [3.05, 3.63) is 35.6 Å². The van der Waals surface area contributed by atoms with E-state index in [9.17, 15) is 14.0 Å². The number of piperazine rings is 1. The van der Waals surface area contributed by atoms with Gasteiger partial charge in [0.25, 0.3) is 0 Å². The molecule has 2 saturated heterocycles. The lowest BCUT2D eigenvalue weighted by atomic mass is 10.1. The molecule has 27 heavy (non-hydrogen) atoms. The number of carbonyl (C=O) groups excluding carboxylic acids is 2. The molecule has 0 radical (unpaired) electrons. The average molecular weight is 373 g/mol. The van der Waals surface area contributed by atoms with Crippen molar-refractivity contribution in [2.75, 3.05) is 32.7 Å². The van der Waals surface area contributed by atoms with E-state index in [1.54, 1.807) is 23.1 Å². The van der Waals surface area contributed by atoms with E-state index in [-0.39, 0.29) is 36.5 Å². The van der Waals surface area contributed by atoms with Crippen LogP contribution in [0.1, 0.15) is 37.7 Å². The van der Waals surface area contributed by atoms with Crippen molar-refractivity contribution in [1.82, 2.24) is 14.7 Å². The highest BCUT2D eigenvalue weighted by Crippen LogP contribution is 2.26. The largest absolute Gasteiger partial charge is 0.340 e. The quantitative estimate of drug-likeness (QED) is 0.813. The molecule has 4 rings (SSSR count). The van der Waals surface area contributed by atoms with Gasteiger partial charge in [-0.3, -0.25) is 14.5 Å². The standard InChI is InChI=1S/C21H28FN3O2/c22-19-8-4-1-5-16(19)14-25-15-17(13-20(25)26)21(27)24-11-9-23(10-12-24)18-6-2-3-7-18/h1,4-5,8,17-18H,2-3,6-7,9-15H2/t17-/m1/s1. The Morgan fingerprint density at radius 2 is 1.78 bits per heavy atom. The molecule has 1 atom stereocenters. The number of hydrogen-bond donors (Lipinski definition) is 0. The second-order valence-electron chi connectivity index (χ2n) is 8.07. The minimum absolute atomic E-state index is 0.0544. The molecule has 2 aliphatic heterocycles. The van der Waals surface area contributed by atoms with Crippen LogP contribution in [0.5, 0.6) is 0 Å². The third-order valence-electron chi connectivity index (χ3n) is 6.35. The van der Waals surface area contributed by atoms with Crippen molar-refractivity contribution >= 4 is 11.8 Å². The molecule has 6 heteroatoms. The molecule has 1 saturated carbocycles. The Morgan fingerprint density at radius 1 is 1.07 bits per heavy atom. The van der Waals surface area contributed by atoms with Gasteiger partial charge in [0.15, 0.2) is 0 Å². The second kappa shape index (κ2) is 7.97. The van der Waals surface area contributed by atoms with Gasteiger partial charge in [-0.05, 0) is 18.9 Å². The van der Waals surface area contributed by atoms with Gasteiger partial charge in [0, 0.05) is 57.3 Å². The van der Waals surface area contributed by atoms with Crippen LogP contribution in [-0.4, -0.2) is 65.3 Å². The van der Waals surface area contributed by atoms with Crippen LogP contribution >= 0.6 is 0 Å². The minimum atomic E-state index is -0.303. The second-order valence-corrected chi connectivity index (χ2v) is 8.07. The number of halogens is 1. The lowest BCUT2D eigenvalue weighted by molar-refractivity contribution is -0.137. The van der Waals surface area contributed by atoms with Crippen LogP contribution in [0.2, 0.25) is 0 Å². The van der Waals surface area contributed by atoms with E-state index in [1.165, 1.54) is 31.7 Å². The summed E-state index contributed by atoms with van der Waals surface area (Å²) >= 11 is 0. The Labute approximate surface area is 160 Å². The molecule has 0 N–H and O–H groups in total.